The number of fused-ring (bicyclic) bond motifs is 2. The van der Waals surface area contributed by atoms with Gasteiger partial charge in [0.05, 0.1) is 5.52 Å². The number of nitrogens with zero attached hydrogens (tertiary/aromatic N) is 2. The molecule has 0 bridgehead atoms. The Morgan fingerprint density at radius 3 is 2.89 bits per heavy atom. The van der Waals surface area contributed by atoms with E-state index in [4.69, 9.17) is 0 Å². The molecule has 0 spiro atoms. The van der Waals surface area contributed by atoms with Crippen molar-refractivity contribution in [1.82, 2.24) is 15.0 Å². The van der Waals surface area contributed by atoms with Gasteiger partial charge in [0, 0.05) is 13.0 Å². The molecule has 4 rings (SSSR count). The van der Waals surface area contributed by atoms with Crippen molar-refractivity contribution in [3.63, 3.8) is 0 Å². The highest BCUT2D eigenvalue weighted by Crippen LogP contribution is 2.38. The number of hydrogen-bond acceptors (Lipinski definition) is 3. The molecule has 0 aliphatic heterocycles. The molecule has 2 N–H and O–H groups in total. The SMILES string of the molecule is CNc1ccc2[nH]c(C3Cc4ccccc43)nc2n1. The summed E-state index contributed by atoms with van der Waals surface area (Å²) in [7, 11) is 1.86. The Kier molecular flexibility index (Phi) is 2.12. The second-order valence-electron chi connectivity index (χ2n) is 4.90. The zero-order valence-corrected chi connectivity index (χ0v) is 10.6. The van der Waals surface area contributed by atoms with Crippen LogP contribution in [0.2, 0.25) is 0 Å². The number of aromatic nitrogens is 3. The minimum atomic E-state index is 0.392. The van der Waals surface area contributed by atoms with E-state index in [9.17, 15) is 0 Å². The van der Waals surface area contributed by atoms with Gasteiger partial charge < -0.3 is 10.3 Å². The number of anilines is 1. The third-order valence-corrected chi connectivity index (χ3v) is 3.80. The third kappa shape index (κ3) is 1.53. The second-order valence-corrected chi connectivity index (χ2v) is 4.90. The molecule has 0 saturated carbocycles. The highest BCUT2D eigenvalue weighted by Gasteiger charge is 2.29. The first kappa shape index (κ1) is 10.6. The molecule has 0 radical (unpaired) electrons. The summed E-state index contributed by atoms with van der Waals surface area (Å²) >= 11 is 0. The van der Waals surface area contributed by atoms with E-state index in [0.717, 1.165) is 29.2 Å². The predicted molar refractivity (Wildman–Crippen MR) is 75.4 cm³/mol. The molecule has 0 fully saturated rings. The summed E-state index contributed by atoms with van der Waals surface area (Å²) in [5, 5.41) is 3.04. The minimum absolute atomic E-state index is 0.392. The van der Waals surface area contributed by atoms with Gasteiger partial charge in [-0.1, -0.05) is 24.3 Å². The maximum Gasteiger partial charge on any atom is 0.179 e. The largest absolute Gasteiger partial charge is 0.373 e. The molecule has 2 heterocycles. The normalized spacial score (nSPS) is 17.0. The van der Waals surface area contributed by atoms with Gasteiger partial charge in [0.15, 0.2) is 5.65 Å². The standard InChI is InChI=1S/C15H14N4/c1-16-13-7-6-12-15(18-13)19-14(17-12)11-8-9-4-2-3-5-10(9)11/h2-7,11H,8H2,1H3,(H2,16,17,18,19). The fraction of sp³-hybridized carbons (Fsp3) is 0.200. The van der Waals surface area contributed by atoms with Crippen molar-refractivity contribution >= 4 is 17.0 Å². The molecule has 1 aliphatic carbocycles. The van der Waals surface area contributed by atoms with Gasteiger partial charge in [-0.2, -0.15) is 0 Å². The van der Waals surface area contributed by atoms with Crippen LogP contribution < -0.4 is 5.32 Å². The van der Waals surface area contributed by atoms with Crippen molar-refractivity contribution in [2.45, 2.75) is 12.3 Å². The highest BCUT2D eigenvalue weighted by atomic mass is 15.0. The molecule has 1 aromatic carbocycles. The molecule has 0 saturated heterocycles. The lowest BCUT2D eigenvalue weighted by molar-refractivity contribution is 0.671. The van der Waals surface area contributed by atoms with Crippen LogP contribution in [-0.4, -0.2) is 22.0 Å². The van der Waals surface area contributed by atoms with E-state index < -0.39 is 0 Å². The second kappa shape index (κ2) is 3.82. The van der Waals surface area contributed by atoms with Crippen LogP contribution in [-0.2, 0) is 6.42 Å². The summed E-state index contributed by atoms with van der Waals surface area (Å²) in [5.41, 5.74) is 4.59. The zero-order valence-electron chi connectivity index (χ0n) is 10.6. The predicted octanol–water partition coefficient (Wildman–Crippen LogP) is 2.69. The maximum atomic E-state index is 4.64. The zero-order chi connectivity index (χ0) is 12.8. The maximum absolute atomic E-state index is 4.64. The van der Waals surface area contributed by atoms with Crippen LogP contribution in [0.3, 0.4) is 0 Å². The number of rotatable bonds is 2. The Balaban J connectivity index is 1.77. The van der Waals surface area contributed by atoms with Crippen LogP contribution in [0.1, 0.15) is 22.9 Å². The van der Waals surface area contributed by atoms with Crippen molar-refractivity contribution in [3.05, 3.63) is 53.3 Å². The third-order valence-electron chi connectivity index (χ3n) is 3.80. The lowest BCUT2D eigenvalue weighted by atomic mass is 9.77. The minimum Gasteiger partial charge on any atom is -0.373 e. The van der Waals surface area contributed by atoms with E-state index in [1.54, 1.807) is 0 Å². The molecule has 94 valence electrons. The Hall–Kier alpha value is -2.36. The molecule has 19 heavy (non-hydrogen) atoms. The summed E-state index contributed by atoms with van der Waals surface area (Å²) in [4.78, 5) is 12.5. The van der Waals surface area contributed by atoms with Gasteiger partial charge in [-0.15, -0.1) is 0 Å². The summed E-state index contributed by atoms with van der Waals surface area (Å²) in [5.74, 6) is 2.26. The highest BCUT2D eigenvalue weighted by molar-refractivity contribution is 5.73. The van der Waals surface area contributed by atoms with Crippen LogP contribution in [0.25, 0.3) is 11.2 Å². The van der Waals surface area contributed by atoms with Gasteiger partial charge in [-0.3, -0.25) is 0 Å². The number of aromatic amines is 1. The van der Waals surface area contributed by atoms with E-state index in [0.29, 0.717) is 5.92 Å². The van der Waals surface area contributed by atoms with Crippen molar-refractivity contribution in [3.8, 4) is 0 Å². The lowest BCUT2D eigenvalue weighted by Gasteiger charge is -2.28. The van der Waals surface area contributed by atoms with Crippen LogP contribution in [0.15, 0.2) is 36.4 Å². The molecule has 4 nitrogen and oxygen atoms in total. The van der Waals surface area contributed by atoms with Crippen molar-refractivity contribution < 1.29 is 0 Å². The smallest absolute Gasteiger partial charge is 0.179 e. The first-order chi connectivity index (χ1) is 9.35. The molecule has 1 aliphatic rings. The summed E-state index contributed by atoms with van der Waals surface area (Å²) < 4.78 is 0. The lowest BCUT2D eigenvalue weighted by Crippen LogP contribution is -2.19. The van der Waals surface area contributed by atoms with Crippen LogP contribution in [0.4, 0.5) is 5.82 Å². The molecular weight excluding hydrogens is 236 g/mol. The molecule has 3 aromatic rings. The number of benzene rings is 1. The van der Waals surface area contributed by atoms with Crippen molar-refractivity contribution in [2.24, 2.45) is 0 Å². The fourth-order valence-electron chi connectivity index (χ4n) is 2.72. The van der Waals surface area contributed by atoms with Crippen LogP contribution in [0, 0.1) is 0 Å². The number of pyridine rings is 1. The van der Waals surface area contributed by atoms with E-state index in [2.05, 4.69) is 44.5 Å². The van der Waals surface area contributed by atoms with E-state index in [1.165, 1.54) is 11.1 Å². The Morgan fingerprint density at radius 1 is 1.16 bits per heavy atom. The molecule has 4 heteroatoms. The summed E-state index contributed by atoms with van der Waals surface area (Å²) in [6.45, 7) is 0. The van der Waals surface area contributed by atoms with Crippen molar-refractivity contribution in [1.29, 1.82) is 0 Å². The monoisotopic (exact) mass is 250 g/mol. The van der Waals surface area contributed by atoms with Gasteiger partial charge in [-0.05, 0) is 29.7 Å². The molecule has 1 unspecified atom stereocenters. The van der Waals surface area contributed by atoms with Gasteiger partial charge in [0.2, 0.25) is 0 Å². The quantitative estimate of drug-likeness (QED) is 0.735. The molecule has 2 aromatic heterocycles. The Bertz CT molecular complexity index is 760. The average molecular weight is 250 g/mol. The summed E-state index contributed by atoms with van der Waals surface area (Å²) in [6, 6.07) is 12.5. The topological polar surface area (TPSA) is 53.6 Å². The Labute approximate surface area is 110 Å². The fourth-order valence-corrected chi connectivity index (χ4v) is 2.72. The molecular formula is C15H14N4. The number of imidazole rings is 1. The van der Waals surface area contributed by atoms with Gasteiger partial charge in [0.1, 0.15) is 11.6 Å². The van der Waals surface area contributed by atoms with Gasteiger partial charge in [0.25, 0.3) is 0 Å². The van der Waals surface area contributed by atoms with Crippen LogP contribution >= 0.6 is 0 Å². The first-order valence-corrected chi connectivity index (χ1v) is 6.47. The van der Waals surface area contributed by atoms with E-state index in [1.807, 2.05) is 19.2 Å². The first-order valence-electron chi connectivity index (χ1n) is 6.47. The summed E-state index contributed by atoms with van der Waals surface area (Å²) in [6.07, 6.45) is 1.06. The van der Waals surface area contributed by atoms with E-state index >= 15 is 0 Å². The Morgan fingerprint density at radius 2 is 2.05 bits per heavy atom. The van der Waals surface area contributed by atoms with E-state index in [-0.39, 0.29) is 0 Å². The van der Waals surface area contributed by atoms with Crippen LogP contribution in [0.5, 0.6) is 0 Å². The number of hydrogen-bond donors (Lipinski definition) is 2. The average Bonchev–Trinajstić information content (AvgIpc) is 2.82. The van der Waals surface area contributed by atoms with Crippen molar-refractivity contribution in [2.75, 3.05) is 12.4 Å². The molecule has 0 amide bonds. The van der Waals surface area contributed by atoms with Gasteiger partial charge >= 0.3 is 0 Å². The van der Waals surface area contributed by atoms with Gasteiger partial charge in [-0.25, -0.2) is 9.97 Å². The number of H-pyrrole nitrogens is 1. The number of nitrogens with one attached hydrogen (secondary N) is 2. The molecule has 1 atom stereocenters.